The van der Waals surface area contributed by atoms with Crippen molar-refractivity contribution in [2.24, 2.45) is 0 Å². The Morgan fingerprint density at radius 3 is 3.00 bits per heavy atom. The summed E-state index contributed by atoms with van der Waals surface area (Å²) in [7, 11) is 0. The number of hydrogen-bond donors (Lipinski definition) is 1. The first-order valence-electron chi connectivity index (χ1n) is 4.64. The van der Waals surface area contributed by atoms with E-state index in [1.54, 1.807) is 17.4 Å². The van der Waals surface area contributed by atoms with Crippen LogP contribution in [0.25, 0.3) is 0 Å². The molecule has 0 saturated heterocycles. The average Bonchev–Trinajstić information content (AvgIpc) is 2.91. The standard InChI is InChI=1S/C11H11NO2S/c1-8(10-3-2-6-15-10)12-11(13)9-4-5-14-7-9/h2-8H,1H3,(H,12,13). The van der Waals surface area contributed by atoms with Crippen LogP contribution in [0.15, 0.2) is 40.5 Å². The molecule has 4 heteroatoms. The van der Waals surface area contributed by atoms with Gasteiger partial charge in [-0.1, -0.05) is 6.07 Å². The Hall–Kier alpha value is -1.55. The van der Waals surface area contributed by atoms with Gasteiger partial charge >= 0.3 is 0 Å². The van der Waals surface area contributed by atoms with Crippen LogP contribution in [0.3, 0.4) is 0 Å². The fraction of sp³-hybridized carbons (Fsp3) is 0.182. The topological polar surface area (TPSA) is 42.2 Å². The molecule has 0 saturated carbocycles. The second-order valence-electron chi connectivity index (χ2n) is 3.22. The Bertz CT molecular complexity index is 419. The normalized spacial score (nSPS) is 12.3. The minimum atomic E-state index is -0.107. The summed E-state index contributed by atoms with van der Waals surface area (Å²) in [6.07, 6.45) is 2.93. The van der Waals surface area contributed by atoms with Gasteiger partial charge in [-0.15, -0.1) is 11.3 Å². The molecule has 1 unspecified atom stereocenters. The molecule has 78 valence electrons. The zero-order valence-electron chi connectivity index (χ0n) is 8.27. The lowest BCUT2D eigenvalue weighted by atomic mass is 10.2. The largest absolute Gasteiger partial charge is 0.472 e. The van der Waals surface area contributed by atoms with E-state index in [1.807, 2.05) is 24.4 Å². The maximum absolute atomic E-state index is 11.6. The summed E-state index contributed by atoms with van der Waals surface area (Å²) in [4.78, 5) is 12.8. The third kappa shape index (κ3) is 2.27. The van der Waals surface area contributed by atoms with Gasteiger partial charge < -0.3 is 9.73 Å². The first-order valence-corrected chi connectivity index (χ1v) is 5.52. The van der Waals surface area contributed by atoms with Crippen LogP contribution < -0.4 is 5.32 Å². The van der Waals surface area contributed by atoms with Gasteiger partial charge in [0.25, 0.3) is 5.91 Å². The second kappa shape index (κ2) is 4.31. The van der Waals surface area contributed by atoms with Gasteiger partial charge in [-0.25, -0.2) is 0 Å². The fourth-order valence-electron chi connectivity index (χ4n) is 1.28. The molecule has 1 atom stereocenters. The number of amides is 1. The van der Waals surface area contributed by atoms with Gasteiger partial charge in [-0.2, -0.15) is 0 Å². The van der Waals surface area contributed by atoms with Crippen LogP contribution in [0.2, 0.25) is 0 Å². The Morgan fingerprint density at radius 2 is 2.40 bits per heavy atom. The molecule has 0 bridgehead atoms. The van der Waals surface area contributed by atoms with Crippen molar-refractivity contribution in [2.75, 3.05) is 0 Å². The quantitative estimate of drug-likeness (QED) is 0.866. The molecule has 2 aromatic heterocycles. The van der Waals surface area contributed by atoms with Crippen molar-refractivity contribution in [3.63, 3.8) is 0 Å². The third-order valence-corrected chi connectivity index (χ3v) is 3.16. The molecule has 0 spiro atoms. The van der Waals surface area contributed by atoms with E-state index in [0.717, 1.165) is 4.88 Å². The molecular formula is C11H11NO2S. The number of furan rings is 1. The van der Waals surface area contributed by atoms with Gasteiger partial charge in [0.1, 0.15) is 6.26 Å². The molecule has 1 N–H and O–H groups in total. The van der Waals surface area contributed by atoms with Crippen molar-refractivity contribution in [3.05, 3.63) is 46.5 Å². The maximum Gasteiger partial charge on any atom is 0.255 e. The third-order valence-electron chi connectivity index (χ3n) is 2.10. The number of rotatable bonds is 3. The van der Waals surface area contributed by atoms with Crippen molar-refractivity contribution in [1.29, 1.82) is 0 Å². The number of carbonyl (C=O) groups excluding carboxylic acids is 1. The van der Waals surface area contributed by atoms with E-state index >= 15 is 0 Å². The molecule has 0 aliphatic rings. The Kier molecular flexibility index (Phi) is 2.87. The molecule has 2 aromatic rings. The van der Waals surface area contributed by atoms with E-state index in [-0.39, 0.29) is 11.9 Å². The monoisotopic (exact) mass is 221 g/mol. The van der Waals surface area contributed by atoms with Crippen LogP contribution in [0.4, 0.5) is 0 Å². The van der Waals surface area contributed by atoms with Gasteiger partial charge in [0.15, 0.2) is 0 Å². The molecule has 0 aliphatic heterocycles. The molecule has 0 fully saturated rings. The van der Waals surface area contributed by atoms with E-state index in [0.29, 0.717) is 5.56 Å². The summed E-state index contributed by atoms with van der Waals surface area (Å²) in [5.74, 6) is -0.107. The highest BCUT2D eigenvalue weighted by Crippen LogP contribution is 2.18. The maximum atomic E-state index is 11.6. The van der Waals surface area contributed by atoms with Crippen LogP contribution in [0.1, 0.15) is 28.2 Å². The van der Waals surface area contributed by atoms with Gasteiger partial charge in [-0.3, -0.25) is 4.79 Å². The molecule has 2 rings (SSSR count). The summed E-state index contributed by atoms with van der Waals surface area (Å²) >= 11 is 1.63. The lowest BCUT2D eigenvalue weighted by Gasteiger charge is -2.10. The smallest absolute Gasteiger partial charge is 0.255 e. The number of nitrogens with one attached hydrogen (secondary N) is 1. The zero-order valence-corrected chi connectivity index (χ0v) is 9.08. The highest BCUT2D eigenvalue weighted by Gasteiger charge is 2.12. The predicted octanol–water partition coefficient (Wildman–Crippen LogP) is 2.83. The lowest BCUT2D eigenvalue weighted by molar-refractivity contribution is 0.0940. The van der Waals surface area contributed by atoms with Crippen molar-refractivity contribution in [1.82, 2.24) is 5.32 Å². The van der Waals surface area contributed by atoms with Crippen LogP contribution in [0, 0.1) is 0 Å². The Balaban J connectivity index is 2.01. The lowest BCUT2D eigenvalue weighted by Crippen LogP contribution is -2.25. The van der Waals surface area contributed by atoms with Crippen molar-refractivity contribution in [2.45, 2.75) is 13.0 Å². The van der Waals surface area contributed by atoms with E-state index in [2.05, 4.69) is 5.32 Å². The summed E-state index contributed by atoms with van der Waals surface area (Å²) in [5, 5.41) is 4.89. The SMILES string of the molecule is CC(NC(=O)c1ccoc1)c1cccs1. The van der Waals surface area contributed by atoms with Gasteiger partial charge in [0.2, 0.25) is 0 Å². The minimum absolute atomic E-state index is 0.0346. The number of hydrogen-bond acceptors (Lipinski definition) is 3. The summed E-state index contributed by atoms with van der Waals surface area (Å²) in [6, 6.07) is 5.66. The molecule has 15 heavy (non-hydrogen) atoms. The van der Waals surface area contributed by atoms with Crippen LogP contribution in [-0.2, 0) is 0 Å². The molecule has 1 amide bonds. The van der Waals surface area contributed by atoms with E-state index in [1.165, 1.54) is 12.5 Å². The summed E-state index contributed by atoms with van der Waals surface area (Å²) in [6.45, 7) is 1.96. The highest BCUT2D eigenvalue weighted by molar-refractivity contribution is 7.10. The van der Waals surface area contributed by atoms with Gasteiger partial charge in [0.05, 0.1) is 17.9 Å². The number of thiophene rings is 1. The first kappa shape index (κ1) is 9.98. The van der Waals surface area contributed by atoms with Gasteiger partial charge in [0, 0.05) is 4.88 Å². The Morgan fingerprint density at radius 1 is 1.53 bits per heavy atom. The molecule has 0 radical (unpaired) electrons. The average molecular weight is 221 g/mol. The second-order valence-corrected chi connectivity index (χ2v) is 4.20. The highest BCUT2D eigenvalue weighted by atomic mass is 32.1. The first-order chi connectivity index (χ1) is 7.27. The van der Waals surface area contributed by atoms with E-state index in [4.69, 9.17) is 4.42 Å². The van der Waals surface area contributed by atoms with Crippen LogP contribution in [0.5, 0.6) is 0 Å². The zero-order chi connectivity index (χ0) is 10.7. The number of carbonyl (C=O) groups is 1. The Labute approximate surface area is 91.7 Å². The predicted molar refractivity (Wildman–Crippen MR) is 58.9 cm³/mol. The van der Waals surface area contributed by atoms with Gasteiger partial charge in [-0.05, 0) is 24.4 Å². The van der Waals surface area contributed by atoms with Crippen molar-refractivity contribution < 1.29 is 9.21 Å². The van der Waals surface area contributed by atoms with E-state index in [9.17, 15) is 4.79 Å². The molecule has 0 aromatic carbocycles. The molecule has 0 aliphatic carbocycles. The minimum Gasteiger partial charge on any atom is -0.472 e. The van der Waals surface area contributed by atoms with Crippen molar-refractivity contribution >= 4 is 17.2 Å². The van der Waals surface area contributed by atoms with Crippen LogP contribution >= 0.6 is 11.3 Å². The fourth-order valence-corrected chi connectivity index (χ4v) is 2.02. The van der Waals surface area contributed by atoms with Crippen molar-refractivity contribution in [3.8, 4) is 0 Å². The molecule has 3 nitrogen and oxygen atoms in total. The molecule has 2 heterocycles. The van der Waals surface area contributed by atoms with Crippen LogP contribution in [-0.4, -0.2) is 5.91 Å². The summed E-state index contributed by atoms with van der Waals surface area (Å²) in [5.41, 5.74) is 0.554. The summed E-state index contributed by atoms with van der Waals surface area (Å²) < 4.78 is 4.85. The van der Waals surface area contributed by atoms with E-state index < -0.39 is 0 Å². The molecular weight excluding hydrogens is 210 g/mol.